The van der Waals surface area contributed by atoms with Crippen LogP contribution in [0.25, 0.3) is 11.3 Å². The van der Waals surface area contributed by atoms with Crippen LogP contribution in [-0.4, -0.2) is 0 Å². The summed E-state index contributed by atoms with van der Waals surface area (Å²) in [5.74, 6) is 0.0567. The average Bonchev–Trinajstić information content (AvgIpc) is 2.77. The first kappa shape index (κ1) is 11.7. The lowest BCUT2D eigenvalue weighted by molar-refractivity contribution is 0.566. The van der Waals surface area contributed by atoms with Gasteiger partial charge in [-0.3, -0.25) is 0 Å². The molecule has 5 heteroatoms. The van der Waals surface area contributed by atoms with Gasteiger partial charge in [-0.25, -0.2) is 0 Å². The molecule has 2 aromatic rings. The van der Waals surface area contributed by atoms with Gasteiger partial charge in [-0.2, -0.15) is 15.8 Å². The molecule has 0 atom stereocenters. The highest BCUT2D eigenvalue weighted by molar-refractivity contribution is 6.30. The fourth-order valence-electron chi connectivity index (χ4n) is 1.53. The van der Waals surface area contributed by atoms with Crippen molar-refractivity contribution in [2.75, 3.05) is 0 Å². The standard InChI is InChI=1S/C13H4ClN3O/c14-9-3-1-8(2-4-9)13-11(6-16)10(5-15)12(7-17)18-13/h1-4H. The summed E-state index contributed by atoms with van der Waals surface area (Å²) in [6, 6.07) is 12.0. The highest BCUT2D eigenvalue weighted by atomic mass is 35.5. The Labute approximate surface area is 108 Å². The number of furan rings is 1. The van der Waals surface area contributed by atoms with E-state index < -0.39 is 0 Å². The molecule has 0 unspecified atom stereocenters. The minimum absolute atomic E-state index is 0.0371. The molecule has 0 aliphatic carbocycles. The number of hydrogen-bond acceptors (Lipinski definition) is 4. The lowest BCUT2D eigenvalue weighted by atomic mass is 10.1. The molecule has 0 spiro atoms. The zero-order valence-electron chi connectivity index (χ0n) is 8.94. The van der Waals surface area contributed by atoms with Crippen molar-refractivity contribution in [2.45, 2.75) is 0 Å². The maximum Gasteiger partial charge on any atom is 0.223 e. The van der Waals surface area contributed by atoms with Crippen molar-refractivity contribution in [2.24, 2.45) is 0 Å². The lowest BCUT2D eigenvalue weighted by Gasteiger charge is -1.97. The summed E-state index contributed by atoms with van der Waals surface area (Å²) < 4.78 is 5.25. The summed E-state index contributed by atoms with van der Waals surface area (Å²) in [4.78, 5) is 0. The van der Waals surface area contributed by atoms with Crippen LogP contribution in [0.1, 0.15) is 16.9 Å². The van der Waals surface area contributed by atoms with Gasteiger partial charge in [0.1, 0.15) is 29.3 Å². The Morgan fingerprint density at radius 1 is 0.889 bits per heavy atom. The maximum absolute atomic E-state index is 9.06. The highest BCUT2D eigenvalue weighted by Crippen LogP contribution is 2.31. The zero-order chi connectivity index (χ0) is 13.1. The molecule has 1 aromatic carbocycles. The van der Waals surface area contributed by atoms with Gasteiger partial charge >= 0.3 is 0 Å². The topological polar surface area (TPSA) is 84.5 Å². The first-order valence-corrected chi connectivity index (χ1v) is 5.22. The van der Waals surface area contributed by atoms with Crippen LogP contribution in [0, 0.1) is 34.0 Å². The molecule has 0 aliphatic heterocycles. The van der Waals surface area contributed by atoms with E-state index >= 15 is 0 Å². The Morgan fingerprint density at radius 2 is 1.50 bits per heavy atom. The van der Waals surface area contributed by atoms with Crippen LogP contribution in [0.2, 0.25) is 5.02 Å². The minimum Gasteiger partial charge on any atom is -0.443 e. The number of hydrogen-bond donors (Lipinski definition) is 0. The molecule has 0 radical (unpaired) electrons. The zero-order valence-corrected chi connectivity index (χ0v) is 9.69. The van der Waals surface area contributed by atoms with E-state index in [1.54, 1.807) is 36.4 Å². The van der Waals surface area contributed by atoms with Crippen molar-refractivity contribution in [3.8, 4) is 29.5 Å². The Balaban J connectivity index is 2.71. The number of rotatable bonds is 1. The quantitative estimate of drug-likeness (QED) is 0.781. The number of nitriles is 3. The van der Waals surface area contributed by atoms with E-state index in [-0.39, 0.29) is 22.6 Å². The molecular weight excluding hydrogens is 250 g/mol. The Kier molecular flexibility index (Phi) is 3.02. The molecule has 0 N–H and O–H groups in total. The molecule has 0 aliphatic rings. The second-order valence-electron chi connectivity index (χ2n) is 3.35. The van der Waals surface area contributed by atoms with Gasteiger partial charge in [0.05, 0.1) is 0 Å². The summed E-state index contributed by atoms with van der Waals surface area (Å²) in [6.45, 7) is 0. The minimum atomic E-state index is -0.154. The van der Waals surface area contributed by atoms with Crippen molar-refractivity contribution in [3.05, 3.63) is 46.2 Å². The van der Waals surface area contributed by atoms with Crippen molar-refractivity contribution in [3.63, 3.8) is 0 Å². The average molecular weight is 254 g/mol. The van der Waals surface area contributed by atoms with Crippen LogP contribution in [0.5, 0.6) is 0 Å². The van der Waals surface area contributed by atoms with Gasteiger partial charge in [-0.05, 0) is 24.3 Å². The molecule has 1 aromatic heterocycles. The summed E-state index contributed by atoms with van der Waals surface area (Å²) in [7, 11) is 0. The van der Waals surface area contributed by atoms with Crippen LogP contribution < -0.4 is 0 Å². The molecule has 0 saturated carbocycles. The summed E-state index contributed by atoms with van der Waals surface area (Å²) in [5, 5.41) is 27.4. The summed E-state index contributed by atoms with van der Waals surface area (Å²) in [5.41, 5.74) is 0.621. The first-order valence-electron chi connectivity index (χ1n) is 4.84. The molecular formula is C13H4ClN3O. The van der Waals surface area contributed by atoms with Crippen molar-refractivity contribution in [1.82, 2.24) is 0 Å². The second-order valence-corrected chi connectivity index (χ2v) is 3.79. The van der Waals surface area contributed by atoms with Crippen LogP contribution in [0.3, 0.4) is 0 Å². The monoisotopic (exact) mass is 253 g/mol. The normalized spacial score (nSPS) is 9.22. The van der Waals surface area contributed by atoms with E-state index in [1.807, 2.05) is 6.07 Å². The van der Waals surface area contributed by atoms with E-state index in [4.69, 9.17) is 31.8 Å². The van der Waals surface area contributed by atoms with Gasteiger partial charge in [0.15, 0.2) is 5.76 Å². The third-order valence-electron chi connectivity index (χ3n) is 2.34. The van der Waals surface area contributed by atoms with E-state index in [0.717, 1.165) is 0 Å². The van der Waals surface area contributed by atoms with Crippen molar-refractivity contribution < 1.29 is 4.42 Å². The van der Waals surface area contributed by atoms with Gasteiger partial charge in [0.25, 0.3) is 0 Å². The summed E-state index contributed by atoms with van der Waals surface area (Å²) >= 11 is 5.76. The number of benzene rings is 1. The van der Waals surface area contributed by atoms with E-state index in [1.165, 1.54) is 0 Å². The predicted molar refractivity (Wildman–Crippen MR) is 63.3 cm³/mol. The Morgan fingerprint density at radius 3 is 2.00 bits per heavy atom. The molecule has 1 heterocycles. The molecule has 2 rings (SSSR count). The SMILES string of the molecule is N#Cc1oc(-c2ccc(Cl)cc2)c(C#N)c1C#N. The van der Waals surface area contributed by atoms with Crippen LogP contribution in [0.15, 0.2) is 28.7 Å². The third kappa shape index (κ3) is 1.80. The van der Waals surface area contributed by atoms with Gasteiger partial charge in [0.2, 0.25) is 5.76 Å². The fraction of sp³-hybridized carbons (Fsp3) is 0. The molecule has 0 saturated heterocycles. The Bertz CT molecular complexity index is 724. The number of nitrogens with zero attached hydrogens (tertiary/aromatic N) is 3. The van der Waals surface area contributed by atoms with Crippen LogP contribution in [-0.2, 0) is 0 Å². The molecule has 84 valence electrons. The molecule has 0 bridgehead atoms. The van der Waals surface area contributed by atoms with E-state index in [9.17, 15) is 0 Å². The second kappa shape index (κ2) is 4.63. The van der Waals surface area contributed by atoms with Crippen molar-refractivity contribution in [1.29, 1.82) is 15.8 Å². The van der Waals surface area contributed by atoms with Gasteiger partial charge in [-0.1, -0.05) is 11.6 Å². The molecule has 4 nitrogen and oxygen atoms in total. The van der Waals surface area contributed by atoms with Gasteiger partial charge < -0.3 is 4.42 Å². The van der Waals surface area contributed by atoms with Crippen LogP contribution >= 0.6 is 11.6 Å². The molecule has 18 heavy (non-hydrogen) atoms. The lowest BCUT2D eigenvalue weighted by Crippen LogP contribution is -1.82. The van der Waals surface area contributed by atoms with Crippen LogP contribution in [0.4, 0.5) is 0 Å². The molecule has 0 amide bonds. The largest absolute Gasteiger partial charge is 0.443 e. The fourth-order valence-corrected chi connectivity index (χ4v) is 1.65. The first-order chi connectivity index (χ1) is 8.71. The number of halogens is 1. The Hall–Kier alpha value is -2.74. The smallest absolute Gasteiger partial charge is 0.223 e. The van der Waals surface area contributed by atoms with Gasteiger partial charge in [-0.15, -0.1) is 0 Å². The molecule has 0 fully saturated rings. The summed E-state index contributed by atoms with van der Waals surface area (Å²) in [6.07, 6.45) is 0. The van der Waals surface area contributed by atoms with Gasteiger partial charge in [0, 0.05) is 10.6 Å². The van der Waals surface area contributed by atoms with E-state index in [0.29, 0.717) is 10.6 Å². The third-order valence-corrected chi connectivity index (χ3v) is 2.59. The highest BCUT2D eigenvalue weighted by Gasteiger charge is 2.21. The van der Waals surface area contributed by atoms with E-state index in [2.05, 4.69) is 0 Å². The van der Waals surface area contributed by atoms with Crippen molar-refractivity contribution >= 4 is 11.6 Å². The maximum atomic E-state index is 9.06. The predicted octanol–water partition coefficient (Wildman–Crippen LogP) is 3.22.